The summed E-state index contributed by atoms with van der Waals surface area (Å²) >= 11 is 0. The molecule has 0 radical (unpaired) electrons. The summed E-state index contributed by atoms with van der Waals surface area (Å²) in [4.78, 5) is 13.4. The number of nitrogen functional groups attached to an aromatic ring is 1. The average molecular weight is 260 g/mol. The average Bonchev–Trinajstić information content (AvgIpc) is 2.90. The number of benzene rings is 1. The van der Waals surface area contributed by atoms with Crippen molar-refractivity contribution < 1.29 is 9.32 Å². The third-order valence-electron chi connectivity index (χ3n) is 2.66. The van der Waals surface area contributed by atoms with Crippen LogP contribution in [0.2, 0.25) is 0 Å². The molecular weight excluding hydrogens is 244 g/mol. The summed E-state index contributed by atoms with van der Waals surface area (Å²) < 4.78 is 4.74. The second kappa shape index (κ2) is 5.43. The molecular formula is C13H16N4O2. The Hall–Kier alpha value is -2.50. The van der Waals surface area contributed by atoms with E-state index in [0.29, 0.717) is 23.5 Å². The summed E-state index contributed by atoms with van der Waals surface area (Å²) in [6, 6.07) is 6.91. The summed E-state index contributed by atoms with van der Waals surface area (Å²) in [5.74, 6) is -0.0653. The highest BCUT2D eigenvalue weighted by Crippen LogP contribution is 2.21. The molecule has 0 aliphatic rings. The zero-order chi connectivity index (χ0) is 13.8. The largest absolute Gasteiger partial charge is 0.397 e. The van der Waals surface area contributed by atoms with Crippen molar-refractivity contribution in [1.82, 2.24) is 10.1 Å². The molecule has 0 saturated heterocycles. The Balaban J connectivity index is 2.15. The number of nitrogens with zero attached hydrogens (tertiary/aromatic N) is 2. The number of hydrogen-bond acceptors (Lipinski definition) is 5. The number of carbonyl (C=O) groups is 1. The third kappa shape index (κ3) is 3.04. The molecule has 100 valence electrons. The molecule has 1 heterocycles. The SMILES string of the molecule is CN(C)C(=O)c1ccc(N)c(NCc2ccon2)c1. The van der Waals surface area contributed by atoms with Crippen LogP contribution in [0.5, 0.6) is 0 Å². The van der Waals surface area contributed by atoms with Crippen molar-refractivity contribution in [2.24, 2.45) is 0 Å². The van der Waals surface area contributed by atoms with Crippen molar-refractivity contribution >= 4 is 17.3 Å². The molecule has 1 aromatic heterocycles. The first-order chi connectivity index (χ1) is 9.08. The van der Waals surface area contributed by atoms with Crippen LogP contribution in [0.15, 0.2) is 35.1 Å². The number of nitrogens with one attached hydrogen (secondary N) is 1. The van der Waals surface area contributed by atoms with E-state index >= 15 is 0 Å². The summed E-state index contributed by atoms with van der Waals surface area (Å²) in [6.45, 7) is 0.486. The van der Waals surface area contributed by atoms with Crippen LogP contribution in [-0.2, 0) is 6.54 Å². The van der Waals surface area contributed by atoms with Gasteiger partial charge < -0.3 is 20.5 Å². The van der Waals surface area contributed by atoms with Crippen LogP contribution in [0.1, 0.15) is 16.1 Å². The molecule has 2 rings (SSSR count). The molecule has 0 atom stereocenters. The van der Waals surface area contributed by atoms with Gasteiger partial charge in [-0.05, 0) is 18.2 Å². The predicted octanol–water partition coefficient (Wildman–Crippen LogP) is 1.57. The zero-order valence-electron chi connectivity index (χ0n) is 10.9. The van der Waals surface area contributed by atoms with Gasteiger partial charge in [0.1, 0.15) is 12.0 Å². The smallest absolute Gasteiger partial charge is 0.253 e. The number of carbonyl (C=O) groups excluding carboxylic acids is 1. The molecule has 19 heavy (non-hydrogen) atoms. The maximum atomic E-state index is 11.9. The van der Waals surface area contributed by atoms with Crippen LogP contribution in [0.3, 0.4) is 0 Å². The highest BCUT2D eigenvalue weighted by atomic mass is 16.5. The lowest BCUT2D eigenvalue weighted by molar-refractivity contribution is 0.0827. The molecule has 0 saturated carbocycles. The Bertz CT molecular complexity index is 564. The number of rotatable bonds is 4. The molecule has 3 N–H and O–H groups in total. The predicted molar refractivity (Wildman–Crippen MR) is 72.7 cm³/mol. The van der Waals surface area contributed by atoms with E-state index in [1.165, 1.54) is 11.2 Å². The summed E-state index contributed by atoms with van der Waals surface area (Å²) in [7, 11) is 3.42. The van der Waals surface area contributed by atoms with Gasteiger partial charge in [-0.3, -0.25) is 4.79 Å². The minimum atomic E-state index is -0.0653. The van der Waals surface area contributed by atoms with Gasteiger partial charge in [0.15, 0.2) is 0 Å². The maximum Gasteiger partial charge on any atom is 0.253 e. The van der Waals surface area contributed by atoms with Gasteiger partial charge in [0.05, 0.1) is 17.9 Å². The molecule has 0 fully saturated rings. The van der Waals surface area contributed by atoms with E-state index in [2.05, 4.69) is 10.5 Å². The lowest BCUT2D eigenvalue weighted by Crippen LogP contribution is -2.21. The van der Waals surface area contributed by atoms with Crippen molar-refractivity contribution in [2.75, 3.05) is 25.1 Å². The first-order valence-electron chi connectivity index (χ1n) is 5.82. The van der Waals surface area contributed by atoms with E-state index in [0.717, 1.165) is 5.69 Å². The van der Waals surface area contributed by atoms with Crippen LogP contribution < -0.4 is 11.1 Å². The summed E-state index contributed by atoms with van der Waals surface area (Å²) in [6.07, 6.45) is 1.51. The number of amides is 1. The molecule has 1 aromatic carbocycles. The molecule has 0 spiro atoms. The summed E-state index contributed by atoms with van der Waals surface area (Å²) in [5.41, 5.74) is 8.51. The fourth-order valence-electron chi connectivity index (χ4n) is 1.62. The molecule has 0 unspecified atom stereocenters. The Labute approximate surface area is 111 Å². The van der Waals surface area contributed by atoms with Gasteiger partial charge in [0.25, 0.3) is 5.91 Å². The molecule has 1 amide bonds. The minimum Gasteiger partial charge on any atom is -0.397 e. The molecule has 0 aliphatic carbocycles. The molecule has 2 aromatic rings. The van der Waals surface area contributed by atoms with Gasteiger partial charge in [-0.25, -0.2) is 0 Å². The van der Waals surface area contributed by atoms with Gasteiger partial charge in [-0.2, -0.15) is 0 Å². The van der Waals surface area contributed by atoms with Crippen LogP contribution in [-0.4, -0.2) is 30.1 Å². The van der Waals surface area contributed by atoms with Gasteiger partial charge in [-0.15, -0.1) is 0 Å². The van der Waals surface area contributed by atoms with E-state index < -0.39 is 0 Å². The maximum absolute atomic E-state index is 11.9. The van der Waals surface area contributed by atoms with Gasteiger partial charge >= 0.3 is 0 Å². The van der Waals surface area contributed by atoms with Crippen molar-refractivity contribution in [3.8, 4) is 0 Å². The van der Waals surface area contributed by atoms with Gasteiger partial charge in [-0.1, -0.05) is 5.16 Å². The van der Waals surface area contributed by atoms with Crippen LogP contribution in [0.25, 0.3) is 0 Å². The minimum absolute atomic E-state index is 0.0653. The fraction of sp³-hybridized carbons (Fsp3) is 0.231. The third-order valence-corrected chi connectivity index (χ3v) is 2.66. The van der Waals surface area contributed by atoms with E-state index in [9.17, 15) is 4.79 Å². The Morgan fingerprint density at radius 2 is 2.21 bits per heavy atom. The molecule has 0 aliphatic heterocycles. The Morgan fingerprint density at radius 1 is 1.42 bits per heavy atom. The van der Waals surface area contributed by atoms with Crippen LogP contribution >= 0.6 is 0 Å². The normalized spacial score (nSPS) is 10.2. The van der Waals surface area contributed by atoms with Crippen LogP contribution in [0, 0.1) is 0 Å². The monoisotopic (exact) mass is 260 g/mol. The quantitative estimate of drug-likeness (QED) is 0.815. The van der Waals surface area contributed by atoms with E-state index in [1.807, 2.05) is 0 Å². The summed E-state index contributed by atoms with van der Waals surface area (Å²) in [5, 5.41) is 6.92. The molecule has 0 bridgehead atoms. The van der Waals surface area contributed by atoms with Crippen LogP contribution in [0.4, 0.5) is 11.4 Å². The van der Waals surface area contributed by atoms with E-state index in [4.69, 9.17) is 10.3 Å². The zero-order valence-corrected chi connectivity index (χ0v) is 10.9. The number of hydrogen-bond donors (Lipinski definition) is 2. The Morgan fingerprint density at radius 3 is 2.84 bits per heavy atom. The standard InChI is InChI=1S/C13H16N4O2/c1-17(2)13(18)9-3-4-11(14)12(7-9)15-8-10-5-6-19-16-10/h3-7,15H,8,14H2,1-2H3. The van der Waals surface area contributed by atoms with Gasteiger partial charge in [0.2, 0.25) is 0 Å². The topological polar surface area (TPSA) is 84.4 Å². The first-order valence-corrected chi connectivity index (χ1v) is 5.82. The lowest BCUT2D eigenvalue weighted by atomic mass is 10.1. The van der Waals surface area contributed by atoms with E-state index in [-0.39, 0.29) is 5.91 Å². The second-order valence-corrected chi connectivity index (χ2v) is 4.35. The van der Waals surface area contributed by atoms with Crippen molar-refractivity contribution in [1.29, 1.82) is 0 Å². The number of nitrogens with two attached hydrogens (primary N) is 1. The lowest BCUT2D eigenvalue weighted by Gasteiger charge is -2.13. The molecule has 6 nitrogen and oxygen atoms in total. The highest BCUT2D eigenvalue weighted by Gasteiger charge is 2.10. The Kier molecular flexibility index (Phi) is 3.70. The van der Waals surface area contributed by atoms with Crippen molar-refractivity contribution in [3.05, 3.63) is 41.8 Å². The van der Waals surface area contributed by atoms with Crippen molar-refractivity contribution in [3.63, 3.8) is 0 Å². The van der Waals surface area contributed by atoms with Crippen molar-refractivity contribution in [2.45, 2.75) is 6.54 Å². The van der Waals surface area contributed by atoms with Gasteiger partial charge in [0, 0.05) is 25.7 Å². The highest BCUT2D eigenvalue weighted by molar-refractivity contribution is 5.95. The second-order valence-electron chi connectivity index (χ2n) is 4.35. The van der Waals surface area contributed by atoms with E-state index in [1.54, 1.807) is 38.4 Å². The molecule has 6 heteroatoms. The number of anilines is 2. The fourth-order valence-corrected chi connectivity index (χ4v) is 1.62. The first kappa shape index (κ1) is 12.9. The number of aromatic nitrogens is 1.